The first kappa shape index (κ1) is 20.1. The highest BCUT2D eigenvalue weighted by Crippen LogP contribution is 2.36. The predicted octanol–water partition coefficient (Wildman–Crippen LogP) is 4.01. The molecule has 30 heavy (non-hydrogen) atoms. The van der Waals surface area contributed by atoms with Crippen molar-refractivity contribution in [2.75, 3.05) is 0 Å². The molecule has 4 aromatic rings. The van der Waals surface area contributed by atoms with Crippen LogP contribution in [0.4, 0.5) is 4.39 Å². The number of halogens is 1. The lowest BCUT2D eigenvalue weighted by atomic mass is 10.1. The van der Waals surface area contributed by atoms with Crippen LogP contribution in [0.5, 0.6) is 0 Å². The van der Waals surface area contributed by atoms with Crippen LogP contribution in [-0.2, 0) is 0 Å². The maximum absolute atomic E-state index is 14.2. The van der Waals surface area contributed by atoms with Gasteiger partial charge in [-0.1, -0.05) is 11.8 Å². The van der Waals surface area contributed by atoms with Gasteiger partial charge in [0.2, 0.25) is 0 Å². The molecule has 0 saturated heterocycles. The Morgan fingerprint density at radius 2 is 2.07 bits per heavy atom. The Hall–Kier alpha value is -3.22. The van der Waals surface area contributed by atoms with Crippen LogP contribution in [0, 0.1) is 24.1 Å². The van der Waals surface area contributed by atoms with E-state index in [1.807, 2.05) is 26.1 Å². The van der Waals surface area contributed by atoms with Crippen molar-refractivity contribution in [2.45, 2.75) is 42.8 Å². The van der Waals surface area contributed by atoms with Gasteiger partial charge in [0.05, 0.1) is 35.6 Å². The van der Waals surface area contributed by atoms with E-state index < -0.39 is 11.9 Å². The molecule has 0 aromatic carbocycles. The zero-order valence-electron chi connectivity index (χ0n) is 16.6. The maximum Gasteiger partial charge on any atom is 0.155 e. The topological polar surface area (TPSA) is 92.0 Å². The van der Waals surface area contributed by atoms with Gasteiger partial charge >= 0.3 is 0 Å². The third kappa shape index (κ3) is 3.44. The molecule has 7 nitrogen and oxygen atoms in total. The predicted molar refractivity (Wildman–Crippen MR) is 111 cm³/mol. The molecule has 0 saturated carbocycles. The quantitative estimate of drug-likeness (QED) is 0.523. The minimum Gasteiger partial charge on any atom is -0.391 e. The van der Waals surface area contributed by atoms with Gasteiger partial charge in [0.25, 0.3) is 0 Å². The lowest BCUT2D eigenvalue weighted by Crippen LogP contribution is -2.20. The maximum atomic E-state index is 14.2. The summed E-state index contributed by atoms with van der Waals surface area (Å²) >= 11 is 1.15. The van der Waals surface area contributed by atoms with Crippen molar-refractivity contribution in [3.05, 3.63) is 60.1 Å². The van der Waals surface area contributed by atoms with Crippen LogP contribution in [0.25, 0.3) is 16.6 Å². The summed E-state index contributed by atoms with van der Waals surface area (Å²) in [5.41, 5.74) is 3.56. The van der Waals surface area contributed by atoms with E-state index >= 15 is 0 Å². The van der Waals surface area contributed by atoms with Crippen LogP contribution in [0.15, 0.2) is 52.9 Å². The van der Waals surface area contributed by atoms with E-state index in [0.717, 1.165) is 28.6 Å². The second kappa shape index (κ2) is 7.89. The molecule has 4 aromatic heterocycles. The van der Waals surface area contributed by atoms with Crippen molar-refractivity contribution in [3.63, 3.8) is 0 Å². The Morgan fingerprint density at radius 1 is 1.27 bits per heavy atom. The van der Waals surface area contributed by atoms with Gasteiger partial charge in [-0.15, -0.1) is 0 Å². The smallest absolute Gasteiger partial charge is 0.155 e. The van der Waals surface area contributed by atoms with Crippen LogP contribution in [0.2, 0.25) is 0 Å². The minimum absolute atomic E-state index is 0.186. The summed E-state index contributed by atoms with van der Waals surface area (Å²) in [5, 5.41) is 28.4. The Morgan fingerprint density at radius 3 is 2.77 bits per heavy atom. The minimum atomic E-state index is -0.554. The van der Waals surface area contributed by atoms with Crippen LogP contribution in [-0.4, -0.2) is 35.6 Å². The molecule has 2 atom stereocenters. The van der Waals surface area contributed by atoms with Crippen molar-refractivity contribution in [3.8, 4) is 17.2 Å². The molecule has 4 heterocycles. The van der Waals surface area contributed by atoms with Gasteiger partial charge < -0.3 is 5.11 Å². The lowest BCUT2D eigenvalue weighted by molar-refractivity contribution is 0.131. The van der Waals surface area contributed by atoms with Gasteiger partial charge in [-0.25, -0.2) is 13.9 Å². The Kier molecular flexibility index (Phi) is 5.28. The Labute approximate surface area is 176 Å². The molecule has 0 spiro atoms. The number of nitrogens with zero attached hydrogens (tertiary/aromatic N) is 6. The number of aliphatic hydroxyl groups is 1. The number of hydrogen-bond donors (Lipinski definition) is 1. The first-order chi connectivity index (χ1) is 14.4. The van der Waals surface area contributed by atoms with Gasteiger partial charge in [0.1, 0.15) is 11.1 Å². The zero-order chi connectivity index (χ0) is 21.4. The van der Waals surface area contributed by atoms with Crippen LogP contribution >= 0.6 is 11.8 Å². The van der Waals surface area contributed by atoms with Crippen molar-refractivity contribution < 1.29 is 9.50 Å². The fraction of sp³-hybridized carbons (Fsp3) is 0.238. The molecule has 0 fully saturated rings. The molecule has 0 aliphatic rings. The number of pyridine rings is 2. The summed E-state index contributed by atoms with van der Waals surface area (Å²) in [5.74, 6) is -0.432. The molecule has 4 rings (SSSR count). The SMILES string of the molecule is Cc1c(-c2cc(Sc3ncccc3F)c3c(C#N)cnn3c2)cnn1[C@H](C)[C@@H](C)O. The summed E-state index contributed by atoms with van der Waals surface area (Å²) in [6.07, 6.45) is 6.01. The molecule has 0 aliphatic heterocycles. The van der Waals surface area contributed by atoms with E-state index in [2.05, 4.69) is 21.3 Å². The standard InChI is InChI=1S/C21H19FN6OS/c1-12(14(3)29)28-13(2)17(10-26-28)15-7-19(30-21-18(22)5-4-6-24-21)20-16(8-23)9-25-27(20)11-15/h4-7,9-12,14,29H,1-3H3/t12-,14-/m1/s1. The van der Waals surface area contributed by atoms with Crippen LogP contribution in [0.1, 0.15) is 31.1 Å². The monoisotopic (exact) mass is 422 g/mol. The number of nitriles is 1. The Bertz CT molecular complexity index is 1270. The summed E-state index contributed by atoms with van der Waals surface area (Å²) in [6.45, 7) is 5.55. The van der Waals surface area contributed by atoms with Gasteiger partial charge in [0.15, 0.2) is 5.82 Å². The Balaban J connectivity index is 1.87. The molecule has 0 amide bonds. The van der Waals surface area contributed by atoms with Crippen molar-refractivity contribution >= 4 is 17.3 Å². The first-order valence-electron chi connectivity index (χ1n) is 9.33. The third-order valence-electron chi connectivity index (χ3n) is 5.07. The number of hydrogen-bond acceptors (Lipinski definition) is 6. The van der Waals surface area contributed by atoms with Gasteiger partial charge in [-0.05, 0) is 39.0 Å². The average Bonchev–Trinajstić information content (AvgIpc) is 3.32. The summed E-state index contributed by atoms with van der Waals surface area (Å²) in [4.78, 5) is 4.78. The van der Waals surface area contributed by atoms with Crippen molar-refractivity contribution in [1.82, 2.24) is 24.4 Å². The summed E-state index contributed by atoms with van der Waals surface area (Å²) in [7, 11) is 0. The molecule has 1 N–H and O–H groups in total. The largest absolute Gasteiger partial charge is 0.391 e. The van der Waals surface area contributed by atoms with E-state index in [-0.39, 0.29) is 11.1 Å². The average molecular weight is 422 g/mol. The van der Waals surface area contributed by atoms with Crippen molar-refractivity contribution in [2.24, 2.45) is 0 Å². The molecule has 0 unspecified atom stereocenters. The summed E-state index contributed by atoms with van der Waals surface area (Å²) in [6, 6.07) is 6.72. The molecular weight excluding hydrogens is 403 g/mol. The fourth-order valence-corrected chi connectivity index (χ4v) is 4.24. The highest BCUT2D eigenvalue weighted by Gasteiger charge is 2.20. The third-order valence-corrected chi connectivity index (χ3v) is 6.09. The van der Waals surface area contributed by atoms with Gasteiger partial charge in [-0.2, -0.15) is 15.5 Å². The van der Waals surface area contributed by atoms with E-state index in [9.17, 15) is 14.8 Å². The summed E-state index contributed by atoms with van der Waals surface area (Å²) < 4.78 is 17.6. The molecule has 9 heteroatoms. The molecule has 0 bridgehead atoms. The van der Waals surface area contributed by atoms with Crippen molar-refractivity contribution in [1.29, 1.82) is 5.26 Å². The molecular formula is C21H19FN6OS. The second-order valence-electron chi connectivity index (χ2n) is 7.02. The van der Waals surface area contributed by atoms with Crippen LogP contribution < -0.4 is 0 Å². The number of rotatable bonds is 5. The lowest BCUT2D eigenvalue weighted by Gasteiger charge is -2.17. The highest BCUT2D eigenvalue weighted by atomic mass is 32.2. The normalized spacial score (nSPS) is 13.3. The zero-order valence-corrected chi connectivity index (χ0v) is 17.4. The van der Waals surface area contributed by atoms with E-state index in [1.165, 1.54) is 24.5 Å². The second-order valence-corrected chi connectivity index (χ2v) is 8.05. The first-order valence-corrected chi connectivity index (χ1v) is 10.1. The van der Waals surface area contributed by atoms with Gasteiger partial charge in [0, 0.05) is 34.1 Å². The number of fused-ring (bicyclic) bond motifs is 1. The fourth-order valence-electron chi connectivity index (χ4n) is 3.26. The van der Waals surface area contributed by atoms with E-state index in [4.69, 9.17) is 0 Å². The molecule has 0 aliphatic carbocycles. The van der Waals surface area contributed by atoms with E-state index in [0.29, 0.717) is 16.0 Å². The highest BCUT2D eigenvalue weighted by molar-refractivity contribution is 7.99. The van der Waals surface area contributed by atoms with E-state index in [1.54, 1.807) is 22.3 Å². The molecule has 152 valence electrons. The number of aliphatic hydroxyl groups excluding tert-OH is 1. The van der Waals surface area contributed by atoms with Crippen LogP contribution in [0.3, 0.4) is 0 Å². The van der Waals surface area contributed by atoms with Gasteiger partial charge in [-0.3, -0.25) is 4.68 Å². The molecule has 0 radical (unpaired) electrons. The number of aromatic nitrogens is 5.